The van der Waals surface area contributed by atoms with Crippen molar-refractivity contribution in [2.24, 2.45) is 0 Å². The molecule has 0 unspecified atom stereocenters. The summed E-state index contributed by atoms with van der Waals surface area (Å²) in [6.07, 6.45) is 0. The summed E-state index contributed by atoms with van der Waals surface area (Å²) in [5.41, 5.74) is 4.86. The molecule has 0 heterocycles. The summed E-state index contributed by atoms with van der Waals surface area (Å²) < 4.78 is 6.46. The van der Waals surface area contributed by atoms with Gasteiger partial charge in [-0.2, -0.15) is 0 Å². The van der Waals surface area contributed by atoms with Gasteiger partial charge in [-0.1, -0.05) is 94.8 Å². The van der Waals surface area contributed by atoms with E-state index in [4.69, 9.17) is 4.74 Å². The molecule has 0 atom stereocenters. The molecule has 5 aromatic rings. The molecule has 0 aliphatic heterocycles. The molecule has 0 amide bonds. The molecule has 1 nitrogen and oxygen atoms in total. The number of benzene rings is 5. The largest absolute Gasteiger partial charge is 0.497 e. The van der Waals surface area contributed by atoms with Crippen LogP contribution in [-0.4, -0.2) is 7.11 Å². The van der Waals surface area contributed by atoms with E-state index in [0.29, 0.717) is 0 Å². The first-order valence-electron chi connectivity index (χ1n) is 9.60. The van der Waals surface area contributed by atoms with E-state index in [9.17, 15) is 0 Å². The van der Waals surface area contributed by atoms with Crippen molar-refractivity contribution in [2.75, 3.05) is 7.11 Å². The predicted octanol–water partition coefficient (Wildman–Crippen LogP) is 8.10. The molecular weight excluding hydrogens is 420 g/mol. The summed E-state index contributed by atoms with van der Waals surface area (Å²) in [4.78, 5) is 0. The van der Waals surface area contributed by atoms with E-state index in [-0.39, 0.29) is 0 Å². The number of ether oxygens (including phenoxy) is 1. The summed E-state index contributed by atoms with van der Waals surface area (Å²) in [6.45, 7) is 0. The normalized spacial score (nSPS) is 11.1. The van der Waals surface area contributed by atoms with Crippen molar-refractivity contribution in [1.29, 1.82) is 0 Å². The molecule has 0 bridgehead atoms. The molecule has 5 aromatic carbocycles. The molecule has 2 heteroatoms. The van der Waals surface area contributed by atoms with E-state index in [1.165, 1.54) is 43.8 Å². The van der Waals surface area contributed by atoms with E-state index in [2.05, 4.69) is 101 Å². The van der Waals surface area contributed by atoms with Gasteiger partial charge >= 0.3 is 0 Å². The van der Waals surface area contributed by atoms with Crippen LogP contribution in [0.2, 0.25) is 0 Å². The van der Waals surface area contributed by atoms with Crippen molar-refractivity contribution >= 4 is 37.5 Å². The number of hydrogen-bond acceptors (Lipinski definition) is 1. The van der Waals surface area contributed by atoms with Crippen LogP contribution >= 0.6 is 15.9 Å². The Kier molecular flexibility index (Phi) is 4.57. The van der Waals surface area contributed by atoms with Gasteiger partial charge in [0.2, 0.25) is 0 Å². The minimum atomic E-state index is 0.863. The first-order chi connectivity index (χ1) is 14.3. The number of rotatable bonds is 3. The van der Waals surface area contributed by atoms with Gasteiger partial charge in [0.25, 0.3) is 0 Å². The SMILES string of the molecule is COc1ccc(-c2ccc3ccccc3c2-c2c(Br)ccc3ccccc23)cc1. The highest BCUT2D eigenvalue weighted by molar-refractivity contribution is 9.10. The lowest BCUT2D eigenvalue weighted by Gasteiger charge is -2.18. The first kappa shape index (κ1) is 18.0. The molecule has 0 fully saturated rings. The number of methoxy groups -OCH3 is 1. The van der Waals surface area contributed by atoms with Crippen molar-refractivity contribution < 1.29 is 4.74 Å². The smallest absolute Gasteiger partial charge is 0.118 e. The molecule has 0 saturated heterocycles. The Bertz CT molecular complexity index is 1340. The van der Waals surface area contributed by atoms with Gasteiger partial charge < -0.3 is 4.74 Å². The molecule has 0 saturated carbocycles. The highest BCUT2D eigenvalue weighted by Gasteiger charge is 2.17. The molecule has 0 aliphatic rings. The van der Waals surface area contributed by atoms with Crippen LogP contribution in [0.15, 0.2) is 102 Å². The lowest BCUT2D eigenvalue weighted by atomic mass is 9.87. The lowest BCUT2D eigenvalue weighted by Crippen LogP contribution is -1.91. The molecule has 0 N–H and O–H groups in total. The highest BCUT2D eigenvalue weighted by Crippen LogP contribution is 2.44. The van der Waals surface area contributed by atoms with Gasteiger partial charge in [0, 0.05) is 10.0 Å². The van der Waals surface area contributed by atoms with E-state index in [1.54, 1.807) is 7.11 Å². The Morgan fingerprint density at radius 3 is 1.83 bits per heavy atom. The predicted molar refractivity (Wildman–Crippen MR) is 127 cm³/mol. The van der Waals surface area contributed by atoms with Gasteiger partial charge in [0.05, 0.1) is 7.11 Å². The molecule has 0 aromatic heterocycles. The van der Waals surface area contributed by atoms with Crippen LogP contribution < -0.4 is 4.74 Å². The summed E-state index contributed by atoms with van der Waals surface area (Å²) in [5.74, 6) is 0.863. The number of halogens is 1. The van der Waals surface area contributed by atoms with Crippen molar-refractivity contribution in [3.8, 4) is 28.0 Å². The van der Waals surface area contributed by atoms with Gasteiger partial charge in [0.15, 0.2) is 0 Å². The zero-order valence-corrected chi connectivity index (χ0v) is 17.6. The minimum absolute atomic E-state index is 0.863. The van der Waals surface area contributed by atoms with Crippen LogP contribution in [-0.2, 0) is 0 Å². The molecule has 29 heavy (non-hydrogen) atoms. The van der Waals surface area contributed by atoms with E-state index >= 15 is 0 Å². The van der Waals surface area contributed by atoms with Crippen LogP contribution in [0.4, 0.5) is 0 Å². The first-order valence-corrected chi connectivity index (χ1v) is 10.4. The maximum absolute atomic E-state index is 5.36. The van der Waals surface area contributed by atoms with E-state index < -0.39 is 0 Å². The molecule has 140 valence electrons. The van der Waals surface area contributed by atoms with Crippen LogP contribution in [0.5, 0.6) is 5.75 Å². The van der Waals surface area contributed by atoms with Crippen LogP contribution in [0.1, 0.15) is 0 Å². The zero-order chi connectivity index (χ0) is 19.8. The Hall–Kier alpha value is -3.10. The maximum Gasteiger partial charge on any atom is 0.118 e. The molecule has 0 radical (unpaired) electrons. The average Bonchev–Trinajstić information content (AvgIpc) is 2.79. The second-order valence-electron chi connectivity index (χ2n) is 7.08. The van der Waals surface area contributed by atoms with Crippen LogP contribution in [0, 0.1) is 0 Å². The van der Waals surface area contributed by atoms with E-state index in [0.717, 1.165) is 10.2 Å². The second kappa shape index (κ2) is 7.38. The Balaban J connectivity index is 1.91. The summed E-state index contributed by atoms with van der Waals surface area (Å²) in [6, 6.07) is 34.2. The van der Waals surface area contributed by atoms with E-state index in [1.807, 2.05) is 12.1 Å². The number of fused-ring (bicyclic) bond motifs is 2. The maximum atomic E-state index is 5.36. The standard InChI is InChI=1S/C27H19BrO/c1-29-21-14-10-20(11-15-21)24-16-12-18-6-2-4-8-22(18)26(24)27-23-9-5-3-7-19(23)13-17-25(27)28/h2-17H,1H3. The number of hydrogen-bond donors (Lipinski definition) is 0. The fraction of sp³-hybridized carbons (Fsp3) is 0.0370. The fourth-order valence-corrected chi connectivity index (χ4v) is 4.60. The van der Waals surface area contributed by atoms with Gasteiger partial charge in [-0.15, -0.1) is 0 Å². The van der Waals surface area contributed by atoms with Crippen molar-refractivity contribution in [2.45, 2.75) is 0 Å². The third-order valence-electron chi connectivity index (χ3n) is 5.46. The quantitative estimate of drug-likeness (QED) is 0.276. The van der Waals surface area contributed by atoms with Crippen LogP contribution in [0.25, 0.3) is 43.8 Å². The van der Waals surface area contributed by atoms with Crippen molar-refractivity contribution in [3.05, 3.63) is 102 Å². The second-order valence-corrected chi connectivity index (χ2v) is 7.94. The summed E-state index contributed by atoms with van der Waals surface area (Å²) in [5, 5.41) is 4.96. The Labute approximate surface area is 178 Å². The van der Waals surface area contributed by atoms with Crippen molar-refractivity contribution in [3.63, 3.8) is 0 Å². The van der Waals surface area contributed by atoms with Crippen LogP contribution in [0.3, 0.4) is 0 Å². The van der Waals surface area contributed by atoms with Gasteiger partial charge in [-0.3, -0.25) is 0 Å². The third kappa shape index (κ3) is 3.10. The molecular formula is C27H19BrO. The molecule has 5 rings (SSSR count). The topological polar surface area (TPSA) is 9.23 Å². The van der Waals surface area contributed by atoms with Crippen molar-refractivity contribution in [1.82, 2.24) is 0 Å². The lowest BCUT2D eigenvalue weighted by molar-refractivity contribution is 0.415. The molecule has 0 spiro atoms. The van der Waals surface area contributed by atoms with Gasteiger partial charge in [-0.05, 0) is 56.4 Å². The average molecular weight is 439 g/mol. The van der Waals surface area contributed by atoms with Gasteiger partial charge in [-0.25, -0.2) is 0 Å². The Morgan fingerprint density at radius 2 is 1.17 bits per heavy atom. The minimum Gasteiger partial charge on any atom is -0.497 e. The highest BCUT2D eigenvalue weighted by atomic mass is 79.9. The summed E-state index contributed by atoms with van der Waals surface area (Å²) in [7, 11) is 1.70. The van der Waals surface area contributed by atoms with Gasteiger partial charge in [0.1, 0.15) is 5.75 Å². The zero-order valence-electron chi connectivity index (χ0n) is 16.0. The Morgan fingerprint density at radius 1 is 0.586 bits per heavy atom. The molecule has 0 aliphatic carbocycles. The summed E-state index contributed by atoms with van der Waals surface area (Å²) >= 11 is 3.85. The fourth-order valence-electron chi connectivity index (χ4n) is 4.05. The monoisotopic (exact) mass is 438 g/mol. The third-order valence-corrected chi connectivity index (χ3v) is 6.12.